The molecule has 2 rings (SSSR count). The number of hydrogen-bond donors (Lipinski definition) is 2. The second-order valence-corrected chi connectivity index (χ2v) is 6.01. The Hall–Kier alpha value is -0.120. The number of rotatable bonds is 3. The molecule has 1 saturated heterocycles. The fraction of sp³-hybridized carbons (Fsp3) is 1.00. The summed E-state index contributed by atoms with van der Waals surface area (Å²) >= 11 is 0. The fourth-order valence-electron chi connectivity index (χ4n) is 3.93. The van der Waals surface area contributed by atoms with Gasteiger partial charge in [0.1, 0.15) is 0 Å². The minimum Gasteiger partial charge on any atom is -0.389 e. The number of hydrogen-bond acceptors (Lipinski definition) is 3. The lowest BCUT2D eigenvalue weighted by molar-refractivity contribution is -0.0883. The summed E-state index contributed by atoms with van der Waals surface area (Å²) in [5, 5.41) is 11.1. The van der Waals surface area contributed by atoms with Crippen LogP contribution in [0.4, 0.5) is 0 Å². The first-order valence-corrected chi connectivity index (χ1v) is 7.31. The van der Waals surface area contributed by atoms with Crippen molar-refractivity contribution in [2.75, 3.05) is 26.2 Å². The van der Waals surface area contributed by atoms with E-state index < -0.39 is 5.60 Å². The third kappa shape index (κ3) is 2.38. The van der Waals surface area contributed by atoms with Crippen LogP contribution in [0.5, 0.6) is 0 Å². The van der Waals surface area contributed by atoms with Crippen molar-refractivity contribution in [3.8, 4) is 0 Å². The van der Waals surface area contributed by atoms with E-state index in [0.717, 1.165) is 51.7 Å². The average Bonchev–Trinajstić information content (AvgIpc) is 2.76. The molecule has 3 N–H and O–H groups in total. The van der Waals surface area contributed by atoms with E-state index in [2.05, 4.69) is 11.8 Å². The highest BCUT2D eigenvalue weighted by atomic mass is 16.3. The number of likely N-dealkylation sites (tertiary alicyclic amines) is 1. The van der Waals surface area contributed by atoms with Crippen molar-refractivity contribution in [2.45, 2.75) is 57.5 Å². The highest BCUT2D eigenvalue weighted by Crippen LogP contribution is 2.50. The maximum absolute atomic E-state index is 11.1. The van der Waals surface area contributed by atoms with Crippen LogP contribution in [0.1, 0.15) is 51.9 Å². The molecular weight excluding hydrogens is 212 g/mol. The van der Waals surface area contributed by atoms with Crippen molar-refractivity contribution < 1.29 is 5.11 Å². The Morgan fingerprint density at radius 1 is 1.06 bits per heavy atom. The Morgan fingerprint density at radius 2 is 1.76 bits per heavy atom. The first kappa shape index (κ1) is 13.3. The van der Waals surface area contributed by atoms with Crippen molar-refractivity contribution >= 4 is 0 Å². The molecule has 1 aliphatic carbocycles. The van der Waals surface area contributed by atoms with Crippen LogP contribution in [0.15, 0.2) is 0 Å². The summed E-state index contributed by atoms with van der Waals surface area (Å²) in [6.45, 7) is 6.15. The van der Waals surface area contributed by atoms with Crippen molar-refractivity contribution in [1.82, 2.24) is 4.90 Å². The normalized spacial score (nSPS) is 34.8. The largest absolute Gasteiger partial charge is 0.389 e. The molecule has 1 aliphatic heterocycles. The van der Waals surface area contributed by atoms with E-state index in [9.17, 15) is 5.11 Å². The van der Waals surface area contributed by atoms with Gasteiger partial charge in [-0.05, 0) is 45.2 Å². The number of nitrogens with zero attached hydrogens (tertiary/aromatic N) is 1. The lowest BCUT2D eigenvalue weighted by Crippen LogP contribution is -2.51. The summed E-state index contributed by atoms with van der Waals surface area (Å²) < 4.78 is 0. The minimum atomic E-state index is -0.498. The summed E-state index contributed by atoms with van der Waals surface area (Å²) in [6, 6.07) is 0. The molecule has 1 heterocycles. The second kappa shape index (κ2) is 5.25. The molecule has 2 aliphatic rings. The molecule has 100 valence electrons. The van der Waals surface area contributed by atoms with Gasteiger partial charge in [-0.25, -0.2) is 0 Å². The maximum atomic E-state index is 11.1. The van der Waals surface area contributed by atoms with Crippen LogP contribution in [0, 0.1) is 5.41 Å². The smallest absolute Gasteiger partial charge is 0.0728 e. The van der Waals surface area contributed by atoms with Crippen LogP contribution in [-0.4, -0.2) is 41.8 Å². The Bertz CT molecular complexity index is 251. The first-order valence-electron chi connectivity index (χ1n) is 7.31. The van der Waals surface area contributed by atoms with Crippen molar-refractivity contribution in [3.63, 3.8) is 0 Å². The zero-order chi connectivity index (χ0) is 12.4. The standard InChI is InChI=1S/C14H28N2O/c1-2-16-10-5-8-14(17,9-11-16)13(12-15)6-3-4-7-13/h17H,2-12,15H2,1H3. The predicted octanol–water partition coefficient (Wildman–Crippen LogP) is 1.74. The summed E-state index contributed by atoms with van der Waals surface area (Å²) in [7, 11) is 0. The molecule has 3 heteroatoms. The zero-order valence-corrected chi connectivity index (χ0v) is 11.2. The van der Waals surface area contributed by atoms with E-state index in [1.807, 2.05) is 0 Å². The van der Waals surface area contributed by atoms with Gasteiger partial charge in [0.15, 0.2) is 0 Å². The van der Waals surface area contributed by atoms with E-state index in [-0.39, 0.29) is 5.41 Å². The molecule has 0 spiro atoms. The molecule has 0 amide bonds. The van der Waals surface area contributed by atoms with Crippen molar-refractivity contribution in [3.05, 3.63) is 0 Å². The van der Waals surface area contributed by atoms with Crippen LogP contribution >= 0.6 is 0 Å². The van der Waals surface area contributed by atoms with Gasteiger partial charge < -0.3 is 15.7 Å². The van der Waals surface area contributed by atoms with Gasteiger partial charge in [0, 0.05) is 18.5 Å². The molecule has 0 aromatic rings. The molecular formula is C14H28N2O. The summed E-state index contributed by atoms with van der Waals surface area (Å²) in [4.78, 5) is 2.46. The van der Waals surface area contributed by atoms with Gasteiger partial charge >= 0.3 is 0 Å². The van der Waals surface area contributed by atoms with Crippen molar-refractivity contribution in [1.29, 1.82) is 0 Å². The van der Waals surface area contributed by atoms with Crippen LogP contribution in [-0.2, 0) is 0 Å². The highest BCUT2D eigenvalue weighted by Gasteiger charge is 2.50. The van der Waals surface area contributed by atoms with E-state index in [4.69, 9.17) is 5.73 Å². The van der Waals surface area contributed by atoms with Gasteiger partial charge in [-0.2, -0.15) is 0 Å². The molecule has 0 radical (unpaired) electrons. The van der Waals surface area contributed by atoms with E-state index in [0.29, 0.717) is 6.54 Å². The third-order valence-electron chi connectivity index (χ3n) is 5.29. The molecule has 1 saturated carbocycles. The third-order valence-corrected chi connectivity index (χ3v) is 5.29. The molecule has 17 heavy (non-hydrogen) atoms. The number of aliphatic hydroxyl groups is 1. The lowest BCUT2D eigenvalue weighted by atomic mass is 9.67. The average molecular weight is 240 g/mol. The van der Waals surface area contributed by atoms with Crippen molar-refractivity contribution in [2.24, 2.45) is 11.1 Å². The molecule has 3 nitrogen and oxygen atoms in total. The minimum absolute atomic E-state index is 0.0246. The van der Waals surface area contributed by atoms with E-state index in [1.54, 1.807) is 0 Å². The molecule has 0 aromatic heterocycles. The highest BCUT2D eigenvalue weighted by molar-refractivity contribution is 5.03. The number of nitrogens with two attached hydrogens (primary N) is 1. The summed E-state index contributed by atoms with van der Waals surface area (Å²) in [6.07, 6.45) is 7.73. The maximum Gasteiger partial charge on any atom is 0.0728 e. The van der Waals surface area contributed by atoms with Gasteiger partial charge in [-0.1, -0.05) is 19.8 Å². The second-order valence-electron chi connectivity index (χ2n) is 6.01. The quantitative estimate of drug-likeness (QED) is 0.790. The summed E-state index contributed by atoms with van der Waals surface area (Å²) in [5.41, 5.74) is 5.56. The Kier molecular flexibility index (Phi) is 4.11. The van der Waals surface area contributed by atoms with Crippen LogP contribution in [0.2, 0.25) is 0 Å². The van der Waals surface area contributed by atoms with Gasteiger partial charge in [-0.3, -0.25) is 0 Å². The Morgan fingerprint density at radius 3 is 2.35 bits per heavy atom. The van der Waals surface area contributed by atoms with Crippen LogP contribution in [0.3, 0.4) is 0 Å². The topological polar surface area (TPSA) is 49.5 Å². The fourth-order valence-corrected chi connectivity index (χ4v) is 3.93. The molecule has 0 aromatic carbocycles. The monoisotopic (exact) mass is 240 g/mol. The van der Waals surface area contributed by atoms with Crippen LogP contribution in [0.25, 0.3) is 0 Å². The predicted molar refractivity (Wildman–Crippen MR) is 70.9 cm³/mol. The van der Waals surface area contributed by atoms with Crippen LogP contribution < -0.4 is 5.73 Å². The summed E-state index contributed by atoms with van der Waals surface area (Å²) in [5.74, 6) is 0. The van der Waals surface area contributed by atoms with Gasteiger partial charge in [-0.15, -0.1) is 0 Å². The Labute approximate surface area is 105 Å². The molecule has 0 bridgehead atoms. The SMILES string of the molecule is CCN1CCCC(O)(C2(CN)CCCC2)CC1. The lowest BCUT2D eigenvalue weighted by Gasteiger charge is -2.44. The molecule has 1 unspecified atom stereocenters. The molecule has 2 fully saturated rings. The van der Waals surface area contributed by atoms with Gasteiger partial charge in [0.05, 0.1) is 5.60 Å². The first-order chi connectivity index (χ1) is 8.16. The zero-order valence-electron chi connectivity index (χ0n) is 11.2. The Balaban J connectivity index is 2.11. The van der Waals surface area contributed by atoms with Gasteiger partial charge in [0.25, 0.3) is 0 Å². The van der Waals surface area contributed by atoms with E-state index >= 15 is 0 Å². The van der Waals surface area contributed by atoms with E-state index in [1.165, 1.54) is 12.8 Å². The van der Waals surface area contributed by atoms with Gasteiger partial charge in [0.2, 0.25) is 0 Å². The molecule has 1 atom stereocenters.